The van der Waals surface area contributed by atoms with Crippen LogP contribution >= 0.6 is 0 Å². The van der Waals surface area contributed by atoms with E-state index in [2.05, 4.69) is 0 Å². The predicted molar refractivity (Wildman–Crippen MR) is 74.8 cm³/mol. The summed E-state index contributed by atoms with van der Waals surface area (Å²) in [6.45, 7) is 2.29. The molecule has 0 radical (unpaired) electrons. The van der Waals surface area contributed by atoms with Gasteiger partial charge in [-0.2, -0.15) is 0 Å². The maximum Gasteiger partial charge on any atom is 0.334 e. The highest BCUT2D eigenvalue weighted by atomic mass is 16.5. The van der Waals surface area contributed by atoms with Crippen LogP contribution in [0.3, 0.4) is 0 Å². The summed E-state index contributed by atoms with van der Waals surface area (Å²) in [7, 11) is 0. The maximum atomic E-state index is 10.7. The standard InChI is InChI=1S/C16H26O3/c1-12(16(17)18)10-19-11-15(13-6-2-3-7-13)14-8-4-5-9-14/h10,13-15H,2-9,11H2,1H3,(H,17,18). The van der Waals surface area contributed by atoms with Gasteiger partial charge in [-0.05, 0) is 24.7 Å². The van der Waals surface area contributed by atoms with Crippen molar-refractivity contribution in [1.82, 2.24) is 0 Å². The fraction of sp³-hybridized carbons (Fsp3) is 0.812. The first-order valence-corrected chi connectivity index (χ1v) is 7.70. The van der Waals surface area contributed by atoms with Crippen molar-refractivity contribution in [3.63, 3.8) is 0 Å². The van der Waals surface area contributed by atoms with Crippen LogP contribution in [0.25, 0.3) is 0 Å². The zero-order chi connectivity index (χ0) is 13.7. The zero-order valence-electron chi connectivity index (χ0n) is 11.9. The molecule has 3 heteroatoms. The van der Waals surface area contributed by atoms with Crippen LogP contribution in [0, 0.1) is 17.8 Å². The van der Waals surface area contributed by atoms with Crippen LogP contribution in [0.2, 0.25) is 0 Å². The number of carbonyl (C=O) groups is 1. The molecule has 2 fully saturated rings. The number of hydrogen-bond acceptors (Lipinski definition) is 2. The molecule has 0 bridgehead atoms. The van der Waals surface area contributed by atoms with Crippen molar-refractivity contribution in [2.75, 3.05) is 6.61 Å². The van der Waals surface area contributed by atoms with Crippen LogP contribution in [0.15, 0.2) is 11.8 Å². The molecule has 0 spiro atoms. The van der Waals surface area contributed by atoms with E-state index in [1.165, 1.54) is 57.6 Å². The number of carboxylic acid groups (broad SMARTS) is 1. The fourth-order valence-corrected chi connectivity index (χ4v) is 3.76. The van der Waals surface area contributed by atoms with E-state index in [0.29, 0.717) is 12.5 Å². The molecule has 0 aromatic rings. The highest BCUT2D eigenvalue weighted by Crippen LogP contribution is 2.41. The van der Waals surface area contributed by atoms with Crippen LogP contribution in [-0.4, -0.2) is 17.7 Å². The molecule has 2 saturated carbocycles. The van der Waals surface area contributed by atoms with Gasteiger partial charge in [-0.1, -0.05) is 51.4 Å². The van der Waals surface area contributed by atoms with Gasteiger partial charge >= 0.3 is 5.97 Å². The van der Waals surface area contributed by atoms with E-state index in [-0.39, 0.29) is 5.57 Å². The molecule has 0 amide bonds. The molecule has 0 unspecified atom stereocenters. The van der Waals surface area contributed by atoms with Gasteiger partial charge in [0.25, 0.3) is 0 Å². The van der Waals surface area contributed by atoms with Crippen LogP contribution < -0.4 is 0 Å². The Morgan fingerprint density at radius 3 is 2.05 bits per heavy atom. The number of aliphatic carboxylic acids is 1. The van der Waals surface area contributed by atoms with E-state index in [4.69, 9.17) is 9.84 Å². The lowest BCUT2D eigenvalue weighted by Gasteiger charge is -2.28. The average Bonchev–Trinajstić information content (AvgIpc) is 3.07. The van der Waals surface area contributed by atoms with Crippen molar-refractivity contribution in [3.05, 3.63) is 11.8 Å². The van der Waals surface area contributed by atoms with Crippen molar-refractivity contribution < 1.29 is 14.6 Å². The quantitative estimate of drug-likeness (QED) is 0.584. The SMILES string of the molecule is CC(=COCC(C1CCCC1)C1CCCC1)C(=O)O. The Bertz CT molecular complexity index is 307. The van der Waals surface area contributed by atoms with Crippen LogP contribution in [0.1, 0.15) is 58.3 Å². The minimum atomic E-state index is -0.890. The molecule has 0 aromatic carbocycles. The van der Waals surface area contributed by atoms with Gasteiger partial charge < -0.3 is 9.84 Å². The summed E-state index contributed by atoms with van der Waals surface area (Å²) in [6, 6.07) is 0. The lowest BCUT2D eigenvalue weighted by atomic mass is 9.80. The summed E-state index contributed by atoms with van der Waals surface area (Å²) in [5, 5.41) is 8.82. The average molecular weight is 266 g/mol. The van der Waals surface area contributed by atoms with Gasteiger partial charge in [-0.25, -0.2) is 4.79 Å². The van der Waals surface area contributed by atoms with Gasteiger partial charge in [0.05, 0.1) is 18.4 Å². The third kappa shape index (κ3) is 3.99. The number of ether oxygens (including phenoxy) is 1. The molecule has 1 N–H and O–H groups in total. The van der Waals surface area contributed by atoms with E-state index in [1.54, 1.807) is 6.92 Å². The second kappa shape index (κ2) is 6.97. The Balaban J connectivity index is 1.89. The minimum Gasteiger partial charge on any atom is -0.500 e. The molecular formula is C16H26O3. The van der Waals surface area contributed by atoms with Crippen molar-refractivity contribution in [3.8, 4) is 0 Å². The molecule has 2 aliphatic carbocycles. The Hall–Kier alpha value is -0.990. The normalized spacial score (nSPS) is 22.3. The smallest absolute Gasteiger partial charge is 0.334 e. The summed E-state index contributed by atoms with van der Waals surface area (Å²) in [5.41, 5.74) is 0.289. The molecular weight excluding hydrogens is 240 g/mol. The van der Waals surface area contributed by atoms with Crippen LogP contribution in [-0.2, 0) is 9.53 Å². The van der Waals surface area contributed by atoms with Gasteiger partial charge in [-0.15, -0.1) is 0 Å². The molecule has 108 valence electrons. The second-order valence-electron chi connectivity index (χ2n) is 6.19. The van der Waals surface area contributed by atoms with Crippen molar-refractivity contribution >= 4 is 5.97 Å². The first kappa shape index (κ1) is 14.4. The van der Waals surface area contributed by atoms with E-state index in [9.17, 15) is 4.79 Å². The summed E-state index contributed by atoms with van der Waals surface area (Å²) >= 11 is 0. The van der Waals surface area contributed by atoms with Gasteiger partial charge in [0.1, 0.15) is 0 Å². The molecule has 0 aromatic heterocycles. The van der Waals surface area contributed by atoms with E-state index in [0.717, 1.165) is 11.8 Å². The van der Waals surface area contributed by atoms with Crippen molar-refractivity contribution in [1.29, 1.82) is 0 Å². The molecule has 19 heavy (non-hydrogen) atoms. The predicted octanol–water partition coefficient (Wildman–Crippen LogP) is 3.99. The Morgan fingerprint density at radius 2 is 1.63 bits per heavy atom. The van der Waals surface area contributed by atoms with Gasteiger partial charge in [0.2, 0.25) is 0 Å². The Labute approximate surface area is 116 Å². The lowest BCUT2D eigenvalue weighted by molar-refractivity contribution is -0.132. The highest BCUT2D eigenvalue weighted by Gasteiger charge is 2.33. The van der Waals surface area contributed by atoms with Gasteiger partial charge in [-0.3, -0.25) is 0 Å². The fourth-order valence-electron chi connectivity index (χ4n) is 3.76. The summed E-state index contributed by atoms with van der Waals surface area (Å²) < 4.78 is 5.60. The van der Waals surface area contributed by atoms with Gasteiger partial charge in [0.15, 0.2) is 0 Å². The van der Waals surface area contributed by atoms with E-state index in [1.807, 2.05) is 0 Å². The third-order valence-corrected chi connectivity index (χ3v) is 4.90. The number of hydrogen-bond donors (Lipinski definition) is 1. The molecule has 2 rings (SSSR count). The summed E-state index contributed by atoms with van der Waals surface area (Å²) in [6.07, 6.45) is 12.2. The molecule has 0 atom stereocenters. The van der Waals surface area contributed by atoms with Crippen molar-refractivity contribution in [2.45, 2.75) is 58.3 Å². The maximum absolute atomic E-state index is 10.7. The monoisotopic (exact) mass is 266 g/mol. The van der Waals surface area contributed by atoms with Gasteiger partial charge in [0, 0.05) is 0 Å². The third-order valence-electron chi connectivity index (χ3n) is 4.90. The molecule has 0 saturated heterocycles. The number of rotatable bonds is 6. The van der Waals surface area contributed by atoms with E-state index >= 15 is 0 Å². The second-order valence-corrected chi connectivity index (χ2v) is 6.19. The highest BCUT2D eigenvalue weighted by molar-refractivity contribution is 5.85. The molecule has 0 aliphatic heterocycles. The van der Waals surface area contributed by atoms with Crippen molar-refractivity contribution in [2.24, 2.45) is 17.8 Å². The Kier molecular flexibility index (Phi) is 5.29. The molecule has 3 nitrogen and oxygen atoms in total. The first-order chi connectivity index (χ1) is 9.18. The number of carboxylic acids is 1. The largest absolute Gasteiger partial charge is 0.500 e. The zero-order valence-corrected chi connectivity index (χ0v) is 11.9. The lowest BCUT2D eigenvalue weighted by Crippen LogP contribution is -2.24. The molecule has 2 aliphatic rings. The first-order valence-electron chi connectivity index (χ1n) is 7.70. The Morgan fingerprint density at radius 1 is 1.16 bits per heavy atom. The molecule has 0 heterocycles. The minimum absolute atomic E-state index is 0.289. The topological polar surface area (TPSA) is 46.5 Å². The van der Waals surface area contributed by atoms with E-state index < -0.39 is 5.97 Å². The summed E-state index contributed by atoms with van der Waals surface area (Å²) in [4.78, 5) is 10.7. The summed E-state index contributed by atoms with van der Waals surface area (Å²) in [5.74, 6) is 1.37. The van der Waals surface area contributed by atoms with Crippen LogP contribution in [0.5, 0.6) is 0 Å². The van der Waals surface area contributed by atoms with Crippen LogP contribution in [0.4, 0.5) is 0 Å².